The van der Waals surface area contributed by atoms with Crippen molar-refractivity contribution in [1.82, 2.24) is 4.90 Å². The van der Waals surface area contributed by atoms with Crippen LogP contribution in [0.5, 0.6) is 0 Å². The highest BCUT2D eigenvalue weighted by molar-refractivity contribution is 7.99. The fourth-order valence-electron chi connectivity index (χ4n) is 2.73. The van der Waals surface area contributed by atoms with Crippen molar-refractivity contribution in [2.24, 2.45) is 5.73 Å². The number of carboxylic acids is 1. The lowest BCUT2D eigenvalue weighted by molar-refractivity contribution is -0.148. The summed E-state index contributed by atoms with van der Waals surface area (Å²) >= 11 is 1.49. The number of carbonyl (C=O) groups is 2. The number of thioether (sulfide) groups is 1. The average Bonchev–Trinajstić information content (AvgIpc) is 2.78. The lowest BCUT2D eigenvalue weighted by Gasteiger charge is -2.34. The van der Waals surface area contributed by atoms with Crippen LogP contribution in [0.25, 0.3) is 0 Å². The predicted octanol–water partition coefficient (Wildman–Crippen LogP) is 1.02. The van der Waals surface area contributed by atoms with Gasteiger partial charge in [-0.3, -0.25) is 4.79 Å². The quantitative estimate of drug-likeness (QED) is 0.801. The smallest absolute Gasteiger partial charge is 0.327 e. The summed E-state index contributed by atoms with van der Waals surface area (Å²) in [5.41, 5.74) is 5.84. The first-order valence-corrected chi connectivity index (χ1v) is 7.56. The van der Waals surface area contributed by atoms with Crippen LogP contribution in [0.3, 0.4) is 0 Å². The van der Waals surface area contributed by atoms with Gasteiger partial charge in [-0.2, -0.15) is 0 Å². The Balaban J connectivity index is 1.96. The number of carbonyl (C=O) groups excluding carboxylic acids is 1. The topological polar surface area (TPSA) is 83.6 Å². The van der Waals surface area contributed by atoms with E-state index >= 15 is 0 Å². The molecular formula is C12H20N2O3S. The molecule has 5 nitrogen and oxygen atoms in total. The van der Waals surface area contributed by atoms with E-state index in [4.69, 9.17) is 10.8 Å². The molecule has 0 spiro atoms. The van der Waals surface area contributed by atoms with Gasteiger partial charge in [-0.25, -0.2) is 4.79 Å². The van der Waals surface area contributed by atoms with Gasteiger partial charge in [0.1, 0.15) is 6.04 Å². The molecule has 1 amide bonds. The fraction of sp³-hybridized carbons (Fsp3) is 0.833. The van der Waals surface area contributed by atoms with Crippen LogP contribution in [0.2, 0.25) is 0 Å². The van der Waals surface area contributed by atoms with Gasteiger partial charge in [0.05, 0.1) is 5.88 Å². The predicted molar refractivity (Wildman–Crippen MR) is 70.2 cm³/mol. The Morgan fingerprint density at radius 3 is 2.61 bits per heavy atom. The summed E-state index contributed by atoms with van der Waals surface area (Å²) in [6.07, 6.45) is 5.36. The van der Waals surface area contributed by atoms with Crippen molar-refractivity contribution in [3.8, 4) is 0 Å². The minimum absolute atomic E-state index is 0.100. The molecule has 18 heavy (non-hydrogen) atoms. The summed E-state index contributed by atoms with van der Waals surface area (Å²) in [5, 5.41) is 9.06. The molecule has 2 aliphatic rings. The molecule has 102 valence electrons. The number of amides is 1. The van der Waals surface area contributed by atoms with E-state index in [9.17, 15) is 9.59 Å². The van der Waals surface area contributed by atoms with E-state index in [0.717, 1.165) is 25.7 Å². The highest BCUT2D eigenvalue weighted by atomic mass is 32.2. The van der Waals surface area contributed by atoms with Gasteiger partial charge < -0.3 is 15.7 Å². The maximum atomic E-state index is 12.2. The number of aliphatic carboxylic acids is 1. The summed E-state index contributed by atoms with van der Waals surface area (Å²) in [7, 11) is 0. The van der Waals surface area contributed by atoms with Crippen LogP contribution in [-0.2, 0) is 9.59 Å². The molecule has 0 radical (unpaired) electrons. The molecule has 0 bridgehead atoms. The number of nitrogens with two attached hydrogens (primary N) is 1. The molecule has 1 saturated heterocycles. The van der Waals surface area contributed by atoms with E-state index in [0.29, 0.717) is 11.6 Å². The van der Waals surface area contributed by atoms with Crippen molar-refractivity contribution in [2.45, 2.75) is 50.1 Å². The molecule has 2 fully saturated rings. The molecule has 1 heterocycles. The van der Waals surface area contributed by atoms with E-state index in [-0.39, 0.29) is 12.3 Å². The molecule has 3 N–H and O–H groups in total. The minimum Gasteiger partial charge on any atom is -0.480 e. The van der Waals surface area contributed by atoms with Crippen LogP contribution in [0, 0.1) is 0 Å². The largest absolute Gasteiger partial charge is 0.480 e. The van der Waals surface area contributed by atoms with Gasteiger partial charge >= 0.3 is 5.97 Å². The lowest BCUT2D eigenvalue weighted by Crippen LogP contribution is -2.49. The van der Waals surface area contributed by atoms with E-state index in [2.05, 4.69) is 0 Å². The van der Waals surface area contributed by atoms with Crippen molar-refractivity contribution in [2.75, 3.05) is 11.6 Å². The minimum atomic E-state index is -0.914. The molecule has 1 atom stereocenters. The first-order valence-electron chi connectivity index (χ1n) is 6.41. The number of carboxylic acid groups (broad SMARTS) is 1. The Morgan fingerprint density at radius 1 is 1.33 bits per heavy atom. The van der Waals surface area contributed by atoms with Crippen molar-refractivity contribution < 1.29 is 14.7 Å². The summed E-state index contributed by atoms with van der Waals surface area (Å²) in [5.74, 6) is -0.0512. The number of hydrogen-bond donors (Lipinski definition) is 2. The molecular weight excluding hydrogens is 252 g/mol. The highest BCUT2D eigenvalue weighted by Crippen LogP contribution is 2.31. The van der Waals surface area contributed by atoms with Crippen LogP contribution < -0.4 is 5.73 Å². The summed E-state index contributed by atoms with van der Waals surface area (Å²) in [6.45, 7) is 0. The Kier molecular flexibility index (Phi) is 4.17. The molecule has 1 saturated carbocycles. The van der Waals surface area contributed by atoms with Gasteiger partial charge in [-0.05, 0) is 12.8 Å². The third-order valence-corrected chi connectivity index (χ3v) is 4.85. The van der Waals surface area contributed by atoms with Gasteiger partial charge in [0.2, 0.25) is 5.91 Å². The molecule has 6 heteroatoms. The Hall–Kier alpha value is -0.750. The SMILES string of the molecule is NC1(CC(=O)N2CSC[C@H]2C(=O)O)CCCCC1. The van der Waals surface area contributed by atoms with E-state index < -0.39 is 17.6 Å². The van der Waals surface area contributed by atoms with Gasteiger partial charge in [0.15, 0.2) is 0 Å². The Morgan fingerprint density at radius 2 is 2.00 bits per heavy atom. The number of hydrogen-bond acceptors (Lipinski definition) is 4. The number of nitrogens with zero attached hydrogens (tertiary/aromatic N) is 1. The van der Waals surface area contributed by atoms with Gasteiger partial charge in [0, 0.05) is 17.7 Å². The summed E-state index contributed by atoms with van der Waals surface area (Å²) < 4.78 is 0. The molecule has 0 unspecified atom stereocenters. The second kappa shape index (κ2) is 5.48. The monoisotopic (exact) mass is 272 g/mol. The van der Waals surface area contributed by atoms with Gasteiger partial charge in [0.25, 0.3) is 0 Å². The number of rotatable bonds is 3. The standard InChI is InChI=1S/C12H20N2O3S/c13-12(4-2-1-3-5-12)6-10(15)14-8-18-7-9(14)11(16)17/h9H,1-8,13H2,(H,16,17)/t9-/m0/s1. The summed E-state index contributed by atoms with van der Waals surface area (Å²) in [4.78, 5) is 24.7. The zero-order valence-corrected chi connectivity index (χ0v) is 11.2. The normalized spacial score (nSPS) is 27.2. The van der Waals surface area contributed by atoms with Crippen LogP contribution in [0.4, 0.5) is 0 Å². The van der Waals surface area contributed by atoms with Crippen molar-refractivity contribution in [1.29, 1.82) is 0 Å². The third-order valence-electron chi connectivity index (χ3n) is 3.84. The van der Waals surface area contributed by atoms with Crippen molar-refractivity contribution in [3.05, 3.63) is 0 Å². The molecule has 0 aromatic rings. The second-order valence-corrected chi connectivity index (χ2v) is 6.32. The molecule has 0 aromatic carbocycles. The highest BCUT2D eigenvalue weighted by Gasteiger charge is 2.38. The first kappa shape index (κ1) is 13.7. The van der Waals surface area contributed by atoms with Crippen LogP contribution in [0.15, 0.2) is 0 Å². The third kappa shape index (κ3) is 2.98. The molecule has 1 aliphatic heterocycles. The first-order chi connectivity index (χ1) is 8.52. The maximum Gasteiger partial charge on any atom is 0.327 e. The van der Waals surface area contributed by atoms with Gasteiger partial charge in [-0.15, -0.1) is 11.8 Å². The summed E-state index contributed by atoms with van der Waals surface area (Å²) in [6, 6.07) is -0.672. The maximum absolute atomic E-state index is 12.2. The zero-order chi connectivity index (χ0) is 13.2. The van der Waals surface area contributed by atoms with Crippen LogP contribution in [-0.4, -0.2) is 45.1 Å². The van der Waals surface area contributed by atoms with Crippen LogP contribution >= 0.6 is 11.8 Å². The Bertz CT molecular complexity index is 342. The average molecular weight is 272 g/mol. The second-order valence-electron chi connectivity index (χ2n) is 5.32. The Labute approximate surface area is 111 Å². The molecule has 0 aromatic heterocycles. The van der Waals surface area contributed by atoms with Crippen LogP contribution in [0.1, 0.15) is 38.5 Å². The fourth-order valence-corrected chi connectivity index (χ4v) is 3.90. The molecule has 2 rings (SSSR count). The van der Waals surface area contributed by atoms with E-state index in [1.165, 1.54) is 23.1 Å². The zero-order valence-electron chi connectivity index (χ0n) is 10.4. The van der Waals surface area contributed by atoms with Crippen molar-refractivity contribution in [3.63, 3.8) is 0 Å². The van der Waals surface area contributed by atoms with E-state index in [1.807, 2.05) is 0 Å². The van der Waals surface area contributed by atoms with E-state index in [1.54, 1.807) is 0 Å². The molecule has 1 aliphatic carbocycles. The lowest BCUT2D eigenvalue weighted by atomic mass is 9.80. The van der Waals surface area contributed by atoms with Crippen molar-refractivity contribution >= 4 is 23.6 Å². The van der Waals surface area contributed by atoms with Gasteiger partial charge in [-0.1, -0.05) is 19.3 Å².